The second-order valence-electron chi connectivity index (χ2n) is 6.39. The van der Waals surface area contributed by atoms with Crippen molar-refractivity contribution in [3.05, 3.63) is 0 Å². The molecule has 3 atom stereocenters. The normalized spacial score (nSPS) is 23.5. The lowest BCUT2D eigenvalue weighted by atomic mass is 9.98. The molecule has 3 nitrogen and oxygen atoms in total. The number of hydrogen-bond donors (Lipinski definition) is 1. The maximum Gasteiger partial charge on any atom is 0.222 e. The number of hydrogen-bond acceptors (Lipinski definition) is 2. The van der Waals surface area contributed by atoms with Crippen LogP contribution in [0.15, 0.2) is 0 Å². The van der Waals surface area contributed by atoms with Crippen LogP contribution in [0.4, 0.5) is 0 Å². The molecule has 1 aliphatic rings. The third-order valence-electron chi connectivity index (χ3n) is 4.91. The van der Waals surface area contributed by atoms with Crippen molar-refractivity contribution < 1.29 is 4.79 Å². The number of nitrogens with one attached hydrogen (secondary N) is 1. The molecule has 0 bridgehead atoms. The molecule has 3 heteroatoms. The van der Waals surface area contributed by atoms with E-state index >= 15 is 0 Å². The van der Waals surface area contributed by atoms with Crippen LogP contribution in [0.3, 0.4) is 0 Å². The number of carbonyl (C=O) groups is 1. The molecule has 0 spiro atoms. The van der Waals surface area contributed by atoms with Crippen LogP contribution >= 0.6 is 0 Å². The first-order chi connectivity index (χ1) is 9.62. The summed E-state index contributed by atoms with van der Waals surface area (Å²) in [6.45, 7) is 11.9. The fraction of sp³-hybridized carbons (Fsp3) is 0.941. The predicted molar refractivity (Wildman–Crippen MR) is 85.7 cm³/mol. The molecule has 1 heterocycles. The van der Waals surface area contributed by atoms with Crippen molar-refractivity contribution in [3.63, 3.8) is 0 Å². The monoisotopic (exact) mass is 282 g/mol. The standard InChI is InChI=1S/C17H34N2O/c1-5-11-18-16(14(4)6-2)13-19-12-10-15(7-3)8-9-17(19)20/h14-16,18H,5-13H2,1-4H3. The van der Waals surface area contributed by atoms with Crippen molar-refractivity contribution in [2.45, 2.75) is 72.3 Å². The summed E-state index contributed by atoms with van der Waals surface area (Å²) in [5.74, 6) is 1.74. The van der Waals surface area contributed by atoms with E-state index in [4.69, 9.17) is 0 Å². The van der Waals surface area contributed by atoms with E-state index in [0.29, 0.717) is 17.9 Å². The summed E-state index contributed by atoms with van der Waals surface area (Å²) in [5, 5.41) is 3.64. The average molecular weight is 282 g/mol. The lowest BCUT2D eigenvalue weighted by molar-refractivity contribution is -0.131. The molecule has 1 N–H and O–H groups in total. The molecule has 1 amide bonds. The molecule has 1 saturated heterocycles. The minimum atomic E-state index is 0.368. The zero-order valence-electron chi connectivity index (χ0n) is 14.0. The van der Waals surface area contributed by atoms with E-state index in [1.165, 1.54) is 19.3 Å². The van der Waals surface area contributed by atoms with Crippen molar-refractivity contribution in [2.24, 2.45) is 11.8 Å². The molecule has 1 aliphatic heterocycles. The molecule has 1 rings (SSSR count). The van der Waals surface area contributed by atoms with Crippen LogP contribution in [0.25, 0.3) is 0 Å². The molecular formula is C17H34N2O. The Hall–Kier alpha value is -0.570. The Bertz CT molecular complexity index is 280. The first-order valence-corrected chi connectivity index (χ1v) is 8.63. The van der Waals surface area contributed by atoms with Gasteiger partial charge in [0.15, 0.2) is 0 Å². The molecule has 0 aromatic rings. The smallest absolute Gasteiger partial charge is 0.222 e. The number of nitrogens with zero attached hydrogens (tertiary/aromatic N) is 1. The Labute approximate surface area is 125 Å². The highest BCUT2D eigenvalue weighted by Crippen LogP contribution is 2.22. The van der Waals surface area contributed by atoms with Crippen molar-refractivity contribution in [1.29, 1.82) is 0 Å². The molecule has 0 aromatic carbocycles. The topological polar surface area (TPSA) is 32.3 Å². The van der Waals surface area contributed by atoms with Gasteiger partial charge in [0.05, 0.1) is 0 Å². The summed E-state index contributed by atoms with van der Waals surface area (Å²) in [6.07, 6.45) is 6.55. The quantitative estimate of drug-likeness (QED) is 0.739. The first kappa shape index (κ1) is 17.5. The maximum atomic E-state index is 12.3. The average Bonchev–Trinajstić information content (AvgIpc) is 2.64. The van der Waals surface area contributed by atoms with E-state index in [9.17, 15) is 4.79 Å². The van der Waals surface area contributed by atoms with E-state index in [-0.39, 0.29) is 0 Å². The highest BCUT2D eigenvalue weighted by atomic mass is 16.2. The van der Waals surface area contributed by atoms with Crippen LogP contribution in [0, 0.1) is 11.8 Å². The molecule has 3 unspecified atom stereocenters. The number of likely N-dealkylation sites (tertiary alicyclic amines) is 1. The third kappa shape index (κ3) is 5.43. The summed E-state index contributed by atoms with van der Waals surface area (Å²) in [5.41, 5.74) is 0. The van der Waals surface area contributed by atoms with E-state index in [1.54, 1.807) is 0 Å². The number of amides is 1. The highest BCUT2D eigenvalue weighted by Gasteiger charge is 2.25. The Morgan fingerprint density at radius 3 is 2.65 bits per heavy atom. The van der Waals surface area contributed by atoms with Gasteiger partial charge in [0.25, 0.3) is 0 Å². The molecule has 20 heavy (non-hydrogen) atoms. The van der Waals surface area contributed by atoms with E-state index in [2.05, 4.69) is 37.9 Å². The van der Waals surface area contributed by atoms with Crippen molar-refractivity contribution >= 4 is 5.91 Å². The van der Waals surface area contributed by atoms with Crippen LogP contribution in [0.1, 0.15) is 66.2 Å². The van der Waals surface area contributed by atoms with Gasteiger partial charge in [-0.3, -0.25) is 4.79 Å². The highest BCUT2D eigenvalue weighted by molar-refractivity contribution is 5.76. The van der Waals surface area contributed by atoms with E-state index in [0.717, 1.165) is 44.8 Å². The van der Waals surface area contributed by atoms with Gasteiger partial charge in [-0.2, -0.15) is 0 Å². The molecule has 0 aromatic heterocycles. The Morgan fingerprint density at radius 2 is 2.05 bits per heavy atom. The van der Waals surface area contributed by atoms with Gasteiger partial charge in [-0.1, -0.05) is 40.5 Å². The van der Waals surface area contributed by atoms with Gasteiger partial charge < -0.3 is 10.2 Å². The second-order valence-corrected chi connectivity index (χ2v) is 6.39. The van der Waals surface area contributed by atoms with Crippen molar-refractivity contribution in [1.82, 2.24) is 10.2 Å². The van der Waals surface area contributed by atoms with Crippen LogP contribution in [-0.4, -0.2) is 36.5 Å². The van der Waals surface area contributed by atoms with Gasteiger partial charge >= 0.3 is 0 Å². The fourth-order valence-electron chi connectivity index (χ4n) is 2.99. The minimum Gasteiger partial charge on any atom is -0.341 e. The minimum absolute atomic E-state index is 0.368. The van der Waals surface area contributed by atoms with E-state index in [1.807, 2.05) is 0 Å². The van der Waals surface area contributed by atoms with Gasteiger partial charge in [0.1, 0.15) is 0 Å². The van der Waals surface area contributed by atoms with Gasteiger partial charge in [-0.05, 0) is 37.6 Å². The number of carbonyl (C=O) groups excluding carboxylic acids is 1. The van der Waals surface area contributed by atoms with Crippen LogP contribution < -0.4 is 5.32 Å². The number of rotatable bonds is 8. The lowest BCUT2D eigenvalue weighted by Crippen LogP contribution is -2.47. The molecular weight excluding hydrogens is 248 g/mol. The Balaban J connectivity index is 2.58. The zero-order chi connectivity index (χ0) is 15.0. The molecule has 0 aliphatic carbocycles. The summed E-state index contributed by atoms with van der Waals surface area (Å²) in [7, 11) is 0. The van der Waals surface area contributed by atoms with Crippen LogP contribution in [0.5, 0.6) is 0 Å². The summed E-state index contributed by atoms with van der Waals surface area (Å²) >= 11 is 0. The zero-order valence-corrected chi connectivity index (χ0v) is 14.0. The molecule has 0 radical (unpaired) electrons. The second kappa shape index (κ2) is 9.38. The predicted octanol–water partition coefficient (Wildman–Crippen LogP) is 3.44. The largest absolute Gasteiger partial charge is 0.341 e. The fourth-order valence-corrected chi connectivity index (χ4v) is 2.99. The van der Waals surface area contributed by atoms with Crippen LogP contribution in [-0.2, 0) is 4.79 Å². The van der Waals surface area contributed by atoms with Gasteiger partial charge in [0.2, 0.25) is 5.91 Å². The lowest BCUT2D eigenvalue weighted by Gasteiger charge is -2.31. The van der Waals surface area contributed by atoms with Crippen molar-refractivity contribution in [3.8, 4) is 0 Å². The van der Waals surface area contributed by atoms with Gasteiger partial charge in [-0.25, -0.2) is 0 Å². The molecule has 118 valence electrons. The Kier molecular flexibility index (Phi) is 8.20. The Morgan fingerprint density at radius 1 is 1.30 bits per heavy atom. The third-order valence-corrected chi connectivity index (χ3v) is 4.91. The molecule has 1 fully saturated rings. The van der Waals surface area contributed by atoms with Crippen LogP contribution in [0.2, 0.25) is 0 Å². The summed E-state index contributed by atoms with van der Waals surface area (Å²) < 4.78 is 0. The van der Waals surface area contributed by atoms with Crippen molar-refractivity contribution in [2.75, 3.05) is 19.6 Å². The van der Waals surface area contributed by atoms with Gasteiger partial charge in [0, 0.05) is 25.6 Å². The summed E-state index contributed by atoms with van der Waals surface area (Å²) in [6, 6.07) is 0.446. The molecule has 0 saturated carbocycles. The van der Waals surface area contributed by atoms with E-state index < -0.39 is 0 Å². The van der Waals surface area contributed by atoms with Gasteiger partial charge in [-0.15, -0.1) is 0 Å². The first-order valence-electron chi connectivity index (χ1n) is 8.63. The summed E-state index contributed by atoms with van der Waals surface area (Å²) in [4.78, 5) is 14.4. The SMILES string of the molecule is CCCNC(CN1CCC(CC)CCC1=O)C(C)CC. The maximum absolute atomic E-state index is 12.3.